The smallest absolute Gasteiger partial charge is 0.227 e. The number of rotatable bonds is 4. The Kier molecular flexibility index (Phi) is 5.13. The van der Waals surface area contributed by atoms with Gasteiger partial charge in [0.15, 0.2) is 5.58 Å². The summed E-state index contributed by atoms with van der Waals surface area (Å²) in [5.74, 6) is 0.631. The standard InChI is InChI=1S/C38H24N4O/c1-3-11-25(12-4-1)35-36(41-24-10-9-17-33(41)40-35)26-18-20-28(21-19-26)42-31-16-8-7-15-29(31)34-32(42)23-22-30-37(34)43-38(39-30)27-13-5-2-6-14-27/h1-24H. The molecule has 43 heavy (non-hydrogen) atoms. The highest BCUT2D eigenvalue weighted by atomic mass is 16.3. The summed E-state index contributed by atoms with van der Waals surface area (Å²) in [6.07, 6.45) is 2.08. The molecule has 0 fully saturated rings. The summed E-state index contributed by atoms with van der Waals surface area (Å²) in [6, 6.07) is 48.1. The average Bonchev–Trinajstić information content (AvgIpc) is 3.77. The molecule has 9 aromatic rings. The Morgan fingerprint density at radius 2 is 1.26 bits per heavy atom. The van der Waals surface area contributed by atoms with Gasteiger partial charge >= 0.3 is 0 Å². The number of pyridine rings is 1. The molecule has 0 aliphatic heterocycles. The monoisotopic (exact) mass is 552 g/mol. The van der Waals surface area contributed by atoms with Crippen LogP contribution in [-0.4, -0.2) is 18.9 Å². The first-order valence-electron chi connectivity index (χ1n) is 14.3. The van der Waals surface area contributed by atoms with Gasteiger partial charge in [-0.2, -0.15) is 0 Å². The molecule has 0 atom stereocenters. The normalized spacial score (nSPS) is 11.7. The van der Waals surface area contributed by atoms with Crippen LogP contribution in [0.1, 0.15) is 0 Å². The van der Waals surface area contributed by atoms with E-state index in [9.17, 15) is 0 Å². The van der Waals surface area contributed by atoms with Crippen LogP contribution in [0.15, 0.2) is 150 Å². The Morgan fingerprint density at radius 1 is 0.535 bits per heavy atom. The molecule has 0 saturated heterocycles. The van der Waals surface area contributed by atoms with Gasteiger partial charge in [-0.3, -0.25) is 4.40 Å². The van der Waals surface area contributed by atoms with Crippen LogP contribution in [0.3, 0.4) is 0 Å². The highest BCUT2D eigenvalue weighted by molar-refractivity contribution is 6.19. The van der Waals surface area contributed by atoms with Crippen molar-refractivity contribution in [1.29, 1.82) is 0 Å². The topological polar surface area (TPSA) is 48.3 Å². The third-order valence-corrected chi connectivity index (χ3v) is 8.19. The molecule has 0 saturated carbocycles. The lowest BCUT2D eigenvalue weighted by Crippen LogP contribution is -1.95. The van der Waals surface area contributed by atoms with E-state index in [2.05, 4.69) is 106 Å². The molecule has 5 aromatic carbocycles. The van der Waals surface area contributed by atoms with Crippen LogP contribution in [-0.2, 0) is 0 Å². The van der Waals surface area contributed by atoms with Crippen molar-refractivity contribution >= 4 is 38.6 Å². The van der Waals surface area contributed by atoms with Crippen molar-refractivity contribution in [2.75, 3.05) is 0 Å². The first-order valence-corrected chi connectivity index (χ1v) is 14.3. The molecule has 0 spiro atoms. The first-order chi connectivity index (χ1) is 21.3. The number of benzene rings is 5. The van der Waals surface area contributed by atoms with Gasteiger partial charge in [0.2, 0.25) is 5.89 Å². The molecular weight excluding hydrogens is 528 g/mol. The largest absolute Gasteiger partial charge is 0.435 e. The fraction of sp³-hybridized carbons (Fsp3) is 0. The number of nitrogens with zero attached hydrogens (tertiary/aromatic N) is 4. The molecule has 0 N–H and O–H groups in total. The predicted molar refractivity (Wildman–Crippen MR) is 173 cm³/mol. The van der Waals surface area contributed by atoms with Crippen LogP contribution in [0.2, 0.25) is 0 Å². The second kappa shape index (κ2) is 9.29. The Hall–Kier alpha value is -5.94. The van der Waals surface area contributed by atoms with Gasteiger partial charge in [-0.25, -0.2) is 9.97 Å². The molecule has 4 aromatic heterocycles. The second-order valence-electron chi connectivity index (χ2n) is 10.7. The molecule has 202 valence electrons. The van der Waals surface area contributed by atoms with Crippen molar-refractivity contribution in [2.24, 2.45) is 0 Å². The number of fused-ring (bicyclic) bond motifs is 6. The van der Waals surface area contributed by atoms with Gasteiger partial charge in [-0.15, -0.1) is 0 Å². The minimum Gasteiger partial charge on any atom is -0.435 e. The van der Waals surface area contributed by atoms with Crippen molar-refractivity contribution < 1.29 is 4.42 Å². The van der Waals surface area contributed by atoms with Crippen molar-refractivity contribution in [3.63, 3.8) is 0 Å². The number of hydrogen-bond acceptors (Lipinski definition) is 3. The van der Waals surface area contributed by atoms with Crippen LogP contribution in [0.25, 0.3) is 78.2 Å². The lowest BCUT2D eigenvalue weighted by atomic mass is 10.0. The van der Waals surface area contributed by atoms with Gasteiger partial charge in [0.1, 0.15) is 11.2 Å². The number of para-hydroxylation sites is 1. The lowest BCUT2D eigenvalue weighted by molar-refractivity contribution is 0.623. The number of imidazole rings is 1. The van der Waals surface area contributed by atoms with E-state index in [-0.39, 0.29) is 0 Å². The quantitative estimate of drug-likeness (QED) is 0.218. The Balaban J connectivity index is 1.23. The van der Waals surface area contributed by atoms with Crippen molar-refractivity contribution in [3.05, 3.63) is 146 Å². The van der Waals surface area contributed by atoms with E-state index in [0.717, 1.165) is 72.3 Å². The summed E-state index contributed by atoms with van der Waals surface area (Å²) < 4.78 is 10.9. The van der Waals surface area contributed by atoms with Crippen LogP contribution >= 0.6 is 0 Å². The molecule has 4 heterocycles. The van der Waals surface area contributed by atoms with Gasteiger partial charge < -0.3 is 8.98 Å². The van der Waals surface area contributed by atoms with Crippen molar-refractivity contribution in [2.45, 2.75) is 0 Å². The Labute approximate surface area is 246 Å². The summed E-state index contributed by atoms with van der Waals surface area (Å²) in [7, 11) is 0. The molecule has 0 bridgehead atoms. The maximum atomic E-state index is 6.45. The van der Waals surface area contributed by atoms with Crippen LogP contribution < -0.4 is 0 Å². The maximum Gasteiger partial charge on any atom is 0.227 e. The molecule has 9 rings (SSSR count). The molecular formula is C38H24N4O. The molecule has 0 amide bonds. The molecule has 5 heteroatoms. The summed E-state index contributed by atoms with van der Waals surface area (Å²) in [4.78, 5) is 9.84. The number of aromatic nitrogens is 4. The zero-order valence-corrected chi connectivity index (χ0v) is 23.1. The highest BCUT2D eigenvalue weighted by Gasteiger charge is 2.20. The van der Waals surface area contributed by atoms with E-state index in [0.29, 0.717) is 5.89 Å². The Bertz CT molecular complexity index is 2430. The molecule has 0 aliphatic rings. The highest BCUT2D eigenvalue weighted by Crippen LogP contribution is 2.39. The van der Waals surface area contributed by atoms with Gasteiger partial charge in [-0.1, -0.05) is 84.9 Å². The average molecular weight is 553 g/mol. The van der Waals surface area contributed by atoms with E-state index in [1.165, 1.54) is 0 Å². The van der Waals surface area contributed by atoms with Gasteiger partial charge in [0, 0.05) is 34.0 Å². The molecule has 0 radical (unpaired) electrons. The summed E-state index contributed by atoms with van der Waals surface area (Å²) >= 11 is 0. The first kappa shape index (κ1) is 23.7. The molecule has 0 aliphatic carbocycles. The van der Waals surface area contributed by atoms with E-state index >= 15 is 0 Å². The van der Waals surface area contributed by atoms with Crippen molar-refractivity contribution in [3.8, 4) is 39.7 Å². The van der Waals surface area contributed by atoms with Crippen LogP contribution in [0, 0.1) is 0 Å². The minimum atomic E-state index is 0.631. The van der Waals surface area contributed by atoms with Gasteiger partial charge in [-0.05, 0) is 54.6 Å². The SMILES string of the molecule is c1ccc(-c2nc3ccc4c(c5ccccc5n4-c4ccc(-c5c(-c6ccccc6)nc6ccccn56)cc4)c3o2)cc1. The second-order valence-corrected chi connectivity index (χ2v) is 10.7. The third kappa shape index (κ3) is 3.65. The molecule has 5 nitrogen and oxygen atoms in total. The summed E-state index contributed by atoms with van der Waals surface area (Å²) in [5.41, 5.74) is 11.1. The Morgan fingerprint density at radius 3 is 2.07 bits per heavy atom. The lowest BCUT2D eigenvalue weighted by Gasteiger charge is -2.10. The minimum absolute atomic E-state index is 0.631. The van der Waals surface area contributed by atoms with E-state index < -0.39 is 0 Å². The predicted octanol–water partition coefficient (Wildman–Crippen LogP) is 9.57. The van der Waals surface area contributed by atoms with E-state index in [1.54, 1.807) is 0 Å². The number of oxazole rings is 1. The zero-order valence-electron chi connectivity index (χ0n) is 23.1. The van der Waals surface area contributed by atoms with E-state index in [1.807, 2.05) is 48.5 Å². The van der Waals surface area contributed by atoms with Gasteiger partial charge in [0.05, 0.1) is 27.8 Å². The zero-order chi connectivity index (χ0) is 28.3. The molecule has 0 unspecified atom stereocenters. The van der Waals surface area contributed by atoms with Crippen LogP contribution in [0.4, 0.5) is 0 Å². The third-order valence-electron chi connectivity index (χ3n) is 8.19. The summed E-state index contributed by atoms with van der Waals surface area (Å²) in [6.45, 7) is 0. The number of hydrogen-bond donors (Lipinski definition) is 0. The maximum absolute atomic E-state index is 6.45. The van der Waals surface area contributed by atoms with Crippen LogP contribution in [0.5, 0.6) is 0 Å². The van der Waals surface area contributed by atoms with E-state index in [4.69, 9.17) is 14.4 Å². The summed E-state index contributed by atoms with van der Waals surface area (Å²) in [5, 5.41) is 2.20. The van der Waals surface area contributed by atoms with Crippen molar-refractivity contribution in [1.82, 2.24) is 18.9 Å². The fourth-order valence-corrected chi connectivity index (χ4v) is 6.26. The van der Waals surface area contributed by atoms with Gasteiger partial charge in [0.25, 0.3) is 0 Å². The fourth-order valence-electron chi connectivity index (χ4n) is 6.26.